The summed E-state index contributed by atoms with van der Waals surface area (Å²) < 4.78 is 10.8. The summed E-state index contributed by atoms with van der Waals surface area (Å²) >= 11 is 0. The molecule has 0 radical (unpaired) electrons. The molecular weight excluding hydrogens is 488 g/mol. The lowest BCUT2D eigenvalue weighted by Crippen LogP contribution is -2.94. The molecule has 0 bridgehead atoms. The minimum absolute atomic E-state index is 0.0384. The van der Waals surface area contributed by atoms with Crippen molar-refractivity contribution >= 4 is 5.78 Å². The maximum Gasteiger partial charge on any atom is 0.138 e. The van der Waals surface area contributed by atoms with Gasteiger partial charge in [0.15, 0.2) is 0 Å². The van der Waals surface area contributed by atoms with Gasteiger partial charge in [0.05, 0.1) is 37.1 Å². The number of carbonyl (C=O) groups excluding carboxylic acids is 1. The first kappa shape index (κ1) is 31.9. The van der Waals surface area contributed by atoms with Crippen LogP contribution in [0.4, 0.5) is 0 Å². The summed E-state index contributed by atoms with van der Waals surface area (Å²) in [6.07, 6.45) is 5.09. The van der Waals surface area contributed by atoms with Crippen molar-refractivity contribution in [3.8, 4) is 0 Å². The first-order valence-corrected chi connectivity index (χ1v) is 15.1. The molecule has 2 aliphatic carbocycles. The molecule has 8 N–H and O–H groups in total. The lowest BCUT2D eigenvalue weighted by atomic mass is 9.69. The molecule has 12 atom stereocenters. The van der Waals surface area contributed by atoms with Gasteiger partial charge in [-0.2, -0.15) is 0 Å². The summed E-state index contributed by atoms with van der Waals surface area (Å²) in [6.45, 7) is 3.07. The average molecular weight is 544 g/mol. The van der Waals surface area contributed by atoms with Crippen molar-refractivity contribution in [1.29, 1.82) is 0 Å². The number of nitrogens with two attached hydrogens (primary N) is 2. The predicted octanol–water partition coefficient (Wildman–Crippen LogP) is 0.700. The Morgan fingerprint density at radius 3 is 2.32 bits per heavy atom. The quantitative estimate of drug-likeness (QED) is 0.198. The highest BCUT2D eigenvalue weighted by Gasteiger charge is 2.41. The second-order valence-corrected chi connectivity index (χ2v) is 12.4. The lowest BCUT2D eigenvalue weighted by molar-refractivity contribution is -0.699. The van der Waals surface area contributed by atoms with Gasteiger partial charge in [-0.1, -0.05) is 13.3 Å². The molecule has 0 aromatic carbocycles. The minimum atomic E-state index is -0.892. The van der Waals surface area contributed by atoms with Crippen LogP contribution in [0.15, 0.2) is 0 Å². The molecule has 9 nitrogen and oxygen atoms in total. The third-order valence-corrected chi connectivity index (χ3v) is 9.96. The Hall–Kier alpha value is -0.650. The molecule has 9 unspecified atom stereocenters. The Labute approximate surface area is 228 Å². The summed E-state index contributed by atoms with van der Waals surface area (Å²) in [6, 6.07) is 0. The summed E-state index contributed by atoms with van der Waals surface area (Å²) in [4.78, 5) is 13.8. The average Bonchev–Trinajstić information content (AvgIpc) is 2.91. The first-order chi connectivity index (χ1) is 18.2. The number of ketones is 1. The van der Waals surface area contributed by atoms with Gasteiger partial charge in [0.1, 0.15) is 18.1 Å². The zero-order valence-corrected chi connectivity index (χ0v) is 23.8. The Bertz CT molecular complexity index is 712. The molecule has 2 saturated carbocycles. The number of carbonyl (C=O) groups is 1. The van der Waals surface area contributed by atoms with E-state index in [4.69, 9.17) is 15.2 Å². The van der Waals surface area contributed by atoms with Gasteiger partial charge < -0.3 is 35.2 Å². The number of quaternary nitrogens is 1. The Morgan fingerprint density at radius 2 is 1.66 bits per heavy atom. The van der Waals surface area contributed by atoms with E-state index in [9.17, 15) is 25.2 Å². The maximum absolute atomic E-state index is 13.8. The van der Waals surface area contributed by atoms with Gasteiger partial charge in [0, 0.05) is 33.0 Å². The smallest absolute Gasteiger partial charge is 0.138 e. The number of piperidine rings is 1. The van der Waals surface area contributed by atoms with Crippen LogP contribution in [0, 0.1) is 29.6 Å². The van der Waals surface area contributed by atoms with Crippen molar-refractivity contribution in [3.63, 3.8) is 0 Å². The number of ether oxygens (including phenoxy) is 2. The molecule has 3 rings (SSSR count). The van der Waals surface area contributed by atoms with Crippen LogP contribution in [0.25, 0.3) is 0 Å². The number of aliphatic hydroxyl groups excluding tert-OH is 4. The van der Waals surface area contributed by atoms with E-state index < -0.39 is 36.4 Å². The normalized spacial score (nSPS) is 38.9. The van der Waals surface area contributed by atoms with Crippen molar-refractivity contribution in [1.82, 2.24) is 0 Å². The maximum atomic E-state index is 13.8. The van der Waals surface area contributed by atoms with Gasteiger partial charge in [-0.3, -0.25) is 10.5 Å². The van der Waals surface area contributed by atoms with Crippen LogP contribution in [0.2, 0.25) is 0 Å². The molecule has 0 aromatic rings. The molecule has 1 saturated heterocycles. The third kappa shape index (κ3) is 8.43. The van der Waals surface area contributed by atoms with E-state index in [0.717, 1.165) is 45.1 Å². The third-order valence-electron chi connectivity index (χ3n) is 9.96. The van der Waals surface area contributed by atoms with E-state index in [1.165, 1.54) is 0 Å². The van der Waals surface area contributed by atoms with Gasteiger partial charge >= 0.3 is 0 Å². The molecule has 3 aliphatic rings. The Balaban J connectivity index is 1.67. The zero-order chi connectivity index (χ0) is 27.8. The van der Waals surface area contributed by atoms with Crippen molar-refractivity contribution in [3.05, 3.63) is 0 Å². The monoisotopic (exact) mass is 543 g/mol. The van der Waals surface area contributed by atoms with E-state index in [0.29, 0.717) is 50.4 Å². The number of hydrogen-bond donors (Lipinski definition) is 6. The molecule has 9 heteroatoms. The second kappa shape index (κ2) is 15.4. The molecule has 3 fully saturated rings. The van der Waals surface area contributed by atoms with Gasteiger partial charge in [0.25, 0.3) is 0 Å². The second-order valence-electron chi connectivity index (χ2n) is 12.4. The largest absolute Gasteiger partial charge is 0.392 e. The van der Waals surface area contributed by atoms with Gasteiger partial charge in [-0.15, -0.1) is 0 Å². The number of rotatable bonds is 13. The fourth-order valence-electron chi connectivity index (χ4n) is 7.67. The molecule has 0 spiro atoms. The fourth-order valence-corrected chi connectivity index (χ4v) is 7.67. The Kier molecular flexibility index (Phi) is 12.9. The van der Waals surface area contributed by atoms with Crippen molar-refractivity contribution < 1.29 is 40.0 Å². The van der Waals surface area contributed by atoms with Crippen LogP contribution in [-0.2, 0) is 14.3 Å². The van der Waals surface area contributed by atoms with E-state index >= 15 is 0 Å². The molecule has 0 amide bonds. The molecule has 1 aliphatic heterocycles. The number of hydrogen-bond acceptors (Lipinski definition) is 8. The van der Waals surface area contributed by atoms with Crippen LogP contribution < -0.4 is 11.1 Å². The molecule has 38 heavy (non-hydrogen) atoms. The van der Waals surface area contributed by atoms with E-state index in [1.54, 1.807) is 14.2 Å². The van der Waals surface area contributed by atoms with Crippen LogP contribution in [0.5, 0.6) is 0 Å². The summed E-state index contributed by atoms with van der Waals surface area (Å²) in [5.41, 5.74) is 6.28. The van der Waals surface area contributed by atoms with E-state index in [1.807, 2.05) is 0 Å². The predicted molar refractivity (Wildman–Crippen MR) is 144 cm³/mol. The summed E-state index contributed by atoms with van der Waals surface area (Å²) in [7, 11) is 3.18. The van der Waals surface area contributed by atoms with Crippen LogP contribution in [-0.4, -0.2) is 89.8 Å². The van der Waals surface area contributed by atoms with E-state index in [-0.39, 0.29) is 29.9 Å². The molecule has 0 aromatic heterocycles. The standard InChI is InChI=1S/C29H54N2O7/c1-4-20(19-11-12-31-27(30)16-19)28(22(33)9-6-17-5-8-21(32)25(14-17)37-2)23(34)10-7-18-13-24(35)29(36)26(15-18)38-3/h17-22,24-29,31-33,35-36H,4-16,30H2,1-3H3/p+1/t17?,18?,19?,20-,21?,22+,24?,25?,26?,27?,28-,29?/m0/s1. The highest BCUT2D eigenvalue weighted by atomic mass is 16.5. The van der Waals surface area contributed by atoms with Crippen LogP contribution in [0.3, 0.4) is 0 Å². The van der Waals surface area contributed by atoms with Gasteiger partial charge in [-0.05, 0) is 81.5 Å². The lowest BCUT2D eigenvalue weighted by Gasteiger charge is -2.39. The van der Waals surface area contributed by atoms with Crippen LogP contribution >= 0.6 is 0 Å². The summed E-state index contributed by atoms with van der Waals surface area (Å²) in [5, 5.41) is 44.3. The van der Waals surface area contributed by atoms with Crippen molar-refractivity contribution in [2.45, 2.75) is 127 Å². The highest BCUT2D eigenvalue weighted by Crippen LogP contribution is 2.38. The van der Waals surface area contributed by atoms with Crippen LogP contribution in [0.1, 0.15) is 84.0 Å². The number of methoxy groups -OCH3 is 2. The number of Topliss-reactive ketones (excluding diaryl/α,β-unsaturated/α-hetero) is 1. The van der Waals surface area contributed by atoms with Crippen molar-refractivity contribution in [2.75, 3.05) is 20.8 Å². The highest BCUT2D eigenvalue weighted by molar-refractivity contribution is 5.82. The molecular formula is C29H55N2O7+. The topological polar surface area (TPSA) is 159 Å². The van der Waals surface area contributed by atoms with E-state index in [2.05, 4.69) is 12.2 Å². The Morgan fingerprint density at radius 1 is 0.947 bits per heavy atom. The zero-order valence-electron chi connectivity index (χ0n) is 23.8. The molecule has 1 heterocycles. The summed E-state index contributed by atoms with van der Waals surface area (Å²) in [5.74, 6) is 0.541. The minimum Gasteiger partial charge on any atom is -0.392 e. The first-order valence-electron chi connectivity index (χ1n) is 15.1. The number of aliphatic hydroxyl groups is 4. The SMILES string of the molecule is CC[C@@H](C1CC[NH2+]C(N)C1)[C@H](C(=O)CCC1CC(O)C(O)C(OC)C1)[C@H](O)CCC1CCC(O)C(OC)C1. The van der Waals surface area contributed by atoms with Gasteiger partial charge in [0.2, 0.25) is 0 Å². The molecule has 222 valence electrons. The van der Waals surface area contributed by atoms with Crippen molar-refractivity contribution in [2.24, 2.45) is 35.3 Å². The fraction of sp³-hybridized carbons (Fsp3) is 0.966. The van der Waals surface area contributed by atoms with Gasteiger partial charge in [-0.25, -0.2) is 0 Å².